The molecule has 0 saturated carbocycles. The molecule has 0 aliphatic carbocycles. The third-order valence-electron chi connectivity index (χ3n) is 1.33. The van der Waals surface area contributed by atoms with Gasteiger partial charge in [0.05, 0.1) is 17.2 Å². The summed E-state index contributed by atoms with van der Waals surface area (Å²) >= 11 is 1.41. The number of aryl methyl sites for hydroxylation is 1. The Kier molecular flexibility index (Phi) is 3.45. The van der Waals surface area contributed by atoms with Crippen molar-refractivity contribution in [2.75, 3.05) is 6.61 Å². The van der Waals surface area contributed by atoms with Crippen molar-refractivity contribution >= 4 is 11.5 Å². The summed E-state index contributed by atoms with van der Waals surface area (Å²) in [6.45, 7) is 5.53. The van der Waals surface area contributed by atoms with Crippen molar-refractivity contribution in [1.82, 2.24) is 9.59 Å². The zero-order chi connectivity index (χ0) is 8.10. The maximum absolute atomic E-state index is 5.34. The lowest BCUT2D eigenvalue weighted by molar-refractivity contribution is 0.123. The van der Waals surface area contributed by atoms with Gasteiger partial charge in [0.2, 0.25) is 0 Å². The zero-order valence-electron chi connectivity index (χ0n) is 6.83. The van der Waals surface area contributed by atoms with Crippen molar-refractivity contribution in [1.29, 1.82) is 0 Å². The van der Waals surface area contributed by atoms with Gasteiger partial charge in [-0.15, -0.1) is 5.10 Å². The third-order valence-corrected chi connectivity index (χ3v) is 2.12. The molecule has 1 aromatic rings. The molecule has 11 heavy (non-hydrogen) atoms. The molecule has 0 aromatic carbocycles. The molecule has 0 spiro atoms. The molecule has 0 bridgehead atoms. The third kappa shape index (κ3) is 2.55. The molecule has 0 amide bonds. The van der Waals surface area contributed by atoms with Crippen LogP contribution < -0.4 is 0 Å². The molecular weight excluding hydrogens is 160 g/mol. The van der Waals surface area contributed by atoms with Crippen LogP contribution >= 0.6 is 11.5 Å². The smallest absolute Gasteiger partial charge is 0.0844 e. The van der Waals surface area contributed by atoms with Crippen molar-refractivity contribution in [3.63, 3.8) is 0 Å². The van der Waals surface area contributed by atoms with Crippen LogP contribution in [-0.2, 0) is 11.3 Å². The highest BCUT2D eigenvalue weighted by Gasteiger charge is 2.01. The molecule has 1 aromatic heterocycles. The van der Waals surface area contributed by atoms with Crippen molar-refractivity contribution in [2.45, 2.75) is 26.9 Å². The molecule has 1 heterocycles. The summed E-state index contributed by atoms with van der Waals surface area (Å²) in [5.41, 5.74) is 0.992. The van der Waals surface area contributed by atoms with E-state index in [0.717, 1.165) is 23.6 Å². The zero-order valence-corrected chi connectivity index (χ0v) is 7.65. The van der Waals surface area contributed by atoms with E-state index >= 15 is 0 Å². The van der Waals surface area contributed by atoms with Crippen LogP contribution in [-0.4, -0.2) is 16.2 Å². The molecule has 0 radical (unpaired) electrons. The minimum atomic E-state index is 0.664. The predicted octanol–water partition coefficient (Wildman–Crippen LogP) is 1.77. The molecule has 0 N–H and O–H groups in total. The molecule has 1 rings (SSSR count). The first kappa shape index (κ1) is 8.62. The highest BCUT2D eigenvalue weighted by molar-refractivity contribution is 7.05. The molecule has 0 aliphatic heterocycles. The average Bonchev–Trinajstić information content (AvgIpc) is 2.37. The number of rotatable bonds is 4. The molecule has 0 unspecified atom stereocenters. The lowest BCUT2D eigenvalue weighted by Crippen LogP contribution is -1.93. The fourth-order valence-corrected chi connectivity index (χ4v) is 1.26. The van der Waals surface area contributed by atoms with Crippen LogP contribution in [0.15, 0.2) is 0 Å². The predicted molar refractivity (Wildman–Crippen MR) is 44.6 cm³/mol. The molecule has 0 saturated heterocycles. The Labute approximate surface area is 70.6 Å². The molecule has 3 nitrogen and oxygen atoms in total. The van der Waals surface area contributed by atoms with E-state index in [1.54, 1.807) is 0 Å². The summed E-state index contributed by atoms with van der Waals surface area (Å²) in [5.74, 6) is 0. The van der Waals surface area contributed by atoms with Crippen molar-refractivity contribution in [2.24, 2.45) is 0 Å². The van der Waals surface area contributed by atoms with Gasteiger partial charge in [-0.05, 0) is 24.9 Å². The van der Waals surface area contributed by atoms with E-state index in [4.69, 9.17) is 4.74 Å². The van der Waals surface area contributed by atoms with Crippen LogP contribution in [0.2, 0.25) is 0 Å². The number of hydrogen-bond donors (Lipinski definition) is 0. The fourth-order valence-electron chi connectivity index (χ4n) is 0.693. The van der Waals surface area contributed by atoms with Crippen molar-refractivity contribution < 1.29 is 4.74 Å². The average molecular weight is 172 g/mol. The first-order valence-corrected chi connectivity index (χ1v) is 4.47. The summed E-state index contributed by atoms with van der Waals surface area (Å²) in [6.07, 6.45) is 1.06. The van der Waals surface area contributed by atoms with Gasteiger partial charge in [-0.1, -0.05) is 11.4 Å². The SMILES string of the molecule is CCCOCc1snnc1C. The van der Waals surface area contributed by atoms with Crippen LogP contribution in [0.5, 0.6) is 0 Å². The lowest BCUT2D eigenvalue weighted by atomic mass is 10.4. The van der Waals surface area contributed by atoms with Gasteiger partial charge in [-0.2, -0.15) is 0 Å². The first-order valence-electron chi connectivity index (χ1n) is 3.70. The van der Waals surface area contributed by atoms with E-state index < -0.39 is 0 Å². The number of nitrogens with zero attached hydrogens (tertiary/aromatic N) is 2. The van der Waals surface area contributed by atoms with E-state index in [1.165, 1.54) is 11.5 Å². The van der Waals surface area contributed by atoms with Crippen LogP contribution in [0.4, 0.5) is 0 Å². The Morgan fingerprint density at radius 3 is 2.91 bits per heavy atom. The Morgan fingerprint density at radius 2 is 2.36 bits per heavy atom. The van der Waals surface area contributed by atoms with Gasteiger partial charge in [0.1, 0.15) is 0 Å². The normalized spacial score (nSPS) is 10.4. The summed E-state index contributed by atoms with van der Waals surface area (Å²) < 4.78 is 9.15. The maximum Gasteiger partial charge on any atom is 0.0844 e. The van der Waals surface area contributed by atoms with E-state index in [0.29, 0.717) is 6.61 Å². The summed E-state index contributed by atoms with van der Waals surface area (Å²) in [6, 6.07) is 0. The largest absolute Gasteiger partial charge is 0.376 e. The Hall–Kier alpha value is -0.480. The summed E-state index contributed by atoms with van der Waals surface area (Å²) in [5, 5.41) is 3.88. The van der Waals surface area contributed by atoms with E-state index in [9.17, 15) is 0 Å². The monoisotopic (exact) mass is 172 g/mol. The van der Waals surface area contributed by atoms with Gasteiger partial charge in [0.25, 0.3) is 0 Å². The fraction of sp³-hybridized carbons (Fsp3) is 0.714. The topological polar surface area (TPSA) is 35.0 Å². The van der Waals surface area contributed by atoms with Gasteiger partial charge in [-0.3, -0.25) is 0 Å². The van der Waals surface area contributed by atoms with Gasteiger partial charge < -0.3 is 4.74 Å². The van der Waals surface area contributed by atoms with Crippen molar-refractivity contribution in [3.8, 4) is 0 Å². The second-order valence-electron chi connectivity index (χ2n) is 2.33. The quantitative estimate of drug-likeness (QED) is 0.649. The Balaban J connectivity index is 2.32. The highest BCUT2D eigenvalue weighted by atomic mass is 32.1. The summed E-state index contributed by atoms with van der Waals surface area (Å²) in [7, 11) is 0. The number of aromatic nitrogens is 2. The van der Waals surface area contributed by atoms with E-state index in [-0.39, 0.29) is 0 Å². The standard InChI is InChI=1S/C7H12N2OS/c1-3-4-10-5-7-6(2)8-9-11-7/h3-5H2,1-2H3. The minimum Gasteiger partial charge on any atom is -0.376 e. The highest BCUT2D eigenvalue weighted by Crippen LogP contribution is 2.09. The van der Waals surface area contributed by atoms with Crippen molar-refractivity contribution in [3.05, 3.63) is 10.6 Å². The first-order chi connectivity index (χ1) is 5.34. The molecule has 62 valence electrons. The molecule has 0 fully saturated rings. The van der Waals surface area contributed by atoms with Crippen LogP contribution in [0.3, 0.4) is 0 Å². The van der Waals surface area contributed by atoms with Gasteiger partial charge >= 0.3 is 0 Å². The van der Waals surface area contributed by atoms with E-state index in [2.05, 4.69) is 16.5 Å². The van der Waals surface area contributed by atoms with Gasteiger partial charge in [0, 0.05) is 6.61 Å². The Morgan fingerprint density at radius 1 is 1.55 bits per heavy atom. The van der Waals surface area contributed by atoms with E-state index in [1.807, 2.05) is 6.92 Å². The molecule has 0 aliphatic rings. The second-order valence-corrected chi connectivity index (χ2v) is 3.17. The lowest BCUT2D eigenvalue weighted by Gasteiger charge is -1.98. The van der Waals surface area contributed by atoms with Gasteiger partial charge in [0.15, 0.2) is 0 Å². The summed E-state index contributed by atoms with van der Waals surface area (Å²) in [4.78, 5) is 1.14. The van der Waals surface area contributed by atoms with Crippen LogP contribution in [0, 0.1) is 6.92 Å². The molecule has 4 heteroatoms. The minimum absolute atomic E-state index is 0.664. The van der Waals surface area contributed by atoms with Gasteiger partial charge in [-0.25, -0.2) is 0 Å². The second kappa shape index (κ2) is 4.41. The molecule has 0 atom stereocenters. The molecular formula is C7H12N2OS. The van der Waals surface area contributed by atoms with Crippen LogP contribution in [0.1, 0.15) is 23.9 Å². The number of ether oxygens (including phenoxy) is 1. The maximum atomic E-state index is 5.34. The number of hydrogen-bond acceptors (Lipinski definition) is 4. The van der Waals surface area contributed by atoms with Crippen LogP contribution in [0.25, 0.3) is 0 Å². The Bertz CT molecular complexity index is 212.